The molecular weight excluding hydrogens is 504 g/mol. The molecule has 0 saturated heterocycles. The van der Waals surface area contributed by atoms with Crippen LogP contribution in [0.2, 0.25) is 0 Å². The third-order valence-corrected chi connectivity index (χ3v) is 7.37. The number of carbonyl (C=O) groups is 1. The third-order valence-electron chi connectivity index (χ3n) is 7.37. The van der Waals surface area contributed by atoms with Crippen LogP contribution in [0, 0.1) is 10.1 Å². The number of aryl methyl sites for hydroxylation is 1. The molecular formula is C28H24N4O7. The van der Waals surface area contributed by atoms with Gasteiger partial charge in [0.15, 0.2) is 24.7 Å². The van der Waals surface area contributed by atoms with Gasteiger partial charge in [-0.15, -0.1) is 0 Å². The number of rotatable bonds is 7. The summed E-state index contributed by atoms with van der Waals surface area (Å²) in [4.78, 5) is 41.9. The molecule has 0 bridgehead atoms. The summed E-state index contributed by atoms with van der Waals surface area (Å²) in [5.74, 6) is -0.762. The first-order valence-electron chi connectivity index (χ1n) is 12.6. The van der Waals surface area contributed by atoms with E-state index in [1.54, 1.807) is 25.1 Å². The molecule has 3 aromatic heterocycles. The van der Waals surface area contributed by atoms with Gasteiger partial charge in [0.2, 0.25) is 0 Å². The van der Waals surface area contributed by atoms with E-state index < -0.39 is 22.1 Å². The maximum atomic E-state index is 13.3. The van der Waals surface area contributed by atoms with Crippen molar-refractivity contribution in [2.45, 2.75) is 45.1 Å². The summed E-state index contributed by atoms with van der Waals surface area (Å²) in [5.41, 5.74) is -0.729. The molecule has 6 rings (SSSR count). The Hall–Kier alpha value is -4.64. The molecule has 11 heteroatoms. The van der Waals surface area contributed by atoms with Crippen LogP contribution in [0.3, 0.4) is 0 Å². The minimum atomic E-state index is -2.17. The second kappa shape index (κ2) is 9.28. The highest BCUT2D eigenvalue weighted by Gasteiger charge is 2.38. The van der Waals surface area contributed by atoms with Crippen molar-refractivity contribution in [2.24, 2.45) is 0 Å². The zero-order valence-corrected chi connectivity index (χ0v) is 21.1. The molecule has 11 nitrogen and oxygen atoms in total. The maximum Gasteiger partial charge on any atom is 0.320 e. The number of aromatic nitrogens is 3. The van der Waals surface area contributed by atoms with E-state index in [2.05, 4.69) is 4.98 Å². The standard InChI is InChI=1S/C28H24N4O7/c1-2-28(35)20-14-22-24-17(15-31(22)26(33)19(20)16-39-27(28)34)13-18-21(29-24)7-8-23(25(18)32(36)37)38-12-6-11-30-9-4-3-5-10-30/h3-5,7-10,13-14H,2,6,11-12,15-16H2,1H3/t28-/m0/s1. The minimum absolute atomic E-state index is 0.0707. The van der Waals surface area contributed by atoms with Gasteiger partial charge in [0.1, 0.15) is 6.61 Å². The number of nitro groups is 1. The lowest BCUT2D eigenvalue weighted by Crippen LogP contribution is -2.53. The van der Waals surface area contributed by atoms with Gasteiger partial charge in [-0.3, -0.25) is 19.7 Å². The average Bonchev–Trinajstić information content (AvgIpc) is 3.30. The van der Waals surface area contributed by atoms with Crippen LogP contribution >= 0.6 is 0 Å². The number of fused-ring (bicyclic) bond motifs is 5. The van der Waals surface area contributed by atoms with E-state index in [0.717, 1.165) is 0 Å². The molecule has 39 heavy (non-hydrogen) atoms. The van der Waals surface area contributed by atoms with Crippen LogP contribution in [0.4, 0.5) is 5.69 Å². The first kappa shape index (κ1) is 24.7. The number of nitrogens with zero attached hydrogens (tertiary/aromatic N) is 4. The molecule has 0 saturated carbocycles. The minimum Gasteiger partial charge on any atom is -0.838 e. The van der Waals surface area contributed by atoms with Crippen molar-refractivity contribution in [1.82, 2.24) is 9.55 Å². The fraction of sp³-hybridized carbons (Fsp3) is 0.286. The largest absolute Gasteiger partial charge is 0.838 e. The summed E-state index contributed by atoms with van der Waals surface area (Å²) in [6.45, 7) is 2.43. The highest BCUT2D eigenvalue weighted by atomic mass is 16.6. The smallest absolute Gasteiger partial charge is 0.320 e. The average molecular weight is 529 g/mol. The predicted octanol–water partition coefficient (Wildman–Crippen LogP) is 2.11. The van der Waals surface area contributed by atoms with Crippen LogP contribution < -0.4 is 20.0 Å². The van der Waals surface area contributed by atoms with E-state index >= 15 is 0 Å². The number of benzene rings is 1. The summed E-state index contributed by atoms with van der Waals surface area (Å²) in [6, 6.07) is 12.2. The highest BCUT2D eigenvalue weighted by molar-refractivity contribution is 5.94. The zero-order valence-electron chi connectivity index (χ0n) is 21.1. The van der Waals surface area contributed by atoms with Crippen LogP contribution in [0.25, 0.3) is 22.3 Å². The lowest BCUT2D eigenvalue weighted by molar-refractivity contribution is -0.697. The lowest BCUT2D eigenvalue weighted by Gasteiger charge is -2.41. The molecule has 0 unspecified atom stereocenters. The summed E-state index contributed by atoms with van der Waals surface area (Å²) < 4.78 is 14.3. The van der Waals surface area contributed by atoms with Gasteiger partial charge in [-0.1, -0.05) is 19.4 Å². The van der Waals surface area contributed by atoms with E-state index in [-0.39, 0.29) is 48.7 Å². The van der Waals surface area contributed by atoms with Gasteiger partial charge in [-0.25, -0.2) is 9.55 Å². The highest BCUT2D eigenvalue weighted by Crippen LogP contribution is 2.41. The van der Waals surface area contributed by atoms with Crippen LogP contribution in [0.1, 0.15) is 36.5 Å². The van der Waals surface area contributed by atoms with Crippen LogP contribution in [-0.4, -0.2) is 27.1 Å². The fourth-order valence-electron chi connectivity index (χ4n) is 5.32. The number of pyridine rings is 3. The molecule has 0 spiro atoms. The van der Waals surface area contributed by atoms with Crippen molar-refractivity contribution in [3.05, 3.63) is 92.0 Å². The Bertz CT molecular complexity index is 1720. The molecule has 5 heterocycles. The quantitative estimate of drug-likeness (QED) is 0.103. The molecule has 4 aromatic rings. The molecule has 2 aliphatic heterocycles. The second-order valence-corrected chi connectivity index (χ2v) is 9.62. The molecule has 1 atom stereocenters. The lowest BCUT2D eigenvalue weighted by atomic mass is 9.86. The van der Waals surface area contributed by atoms with Gasteiger partial charge in [-0.05, 0) is 29.8 Å². The number of esters is 1. The summed E-state index contributed by atoms with van der Waals surface area (Å²) in [5, 5.41) is 25.8. The molecule has 0 fully saturated rings. The zero-order chi connectivity index (χ0) is 27.3. The Morgan fingerprint density at radius 1 is 1.21 bits per heavy atom. The van der Waals surface area contributed by atoms with Crippen molar-refractivity contribution >= 4 is 22.6 Å². The molecule has 0 N–H and O–H groups in total. The Labute approximate surface area is 222 Å². The summed E-state index contributed by atoms with van der Waals surface area (Å²) in [6.07, 6.45) is 4.46. The van der Waals surface area contributed by atoms with Crippen molar-refractivity contribution in [3.63, 3.8) is 0 Å². The second-order valence-electron chi connectivity index (χ2n) is 9.62. The fourth-order valence-corrected chi connectivity index (χ4v) is 5.32. The SMILES string of the molecule is CC[C@@]1([O-])C(=O)OCc2c1cc1n(c2=O)Cc2cc3c([N+](=O)[O-])c(OCCC[n+]4ccccc4)ccc3nc2-1. The first-order valence-corrected chi connectivity index (χ1v) is 12.6. The summed E-state index contributed by atoms with van der Waals surface area (Å²) >= 11 is 0. The van der Waals surface area contributed by atoms with Crippen LogP contribution in [0.15, 0.2) is 59.7 Å². The molecule has 1 aromatic carbocycles. The van der Waals surface area contributed by atoms with Crippen molar-refractivity contribution in [2.75, 3.05) is 6.61 Å². The third kappa shape index (κ3) is 3.93. The topological polar surface area (TPSA) is 140 Å². The van der Waals surface area contributed by atoms with E-state index in [4.69, 9.17) is 9.47 Å². The van der Waals surface area contributed by atoms with E-state index in [0.29, 0.717) is 40.8 Å². The van der Waals surface area contributed by atoms with E-state index in [9.17, 15) is 24.8 Å². The van der Waals surface area contributed by atoms with Gasteiger partial charge < -0.3 is 19.1 Å². The number of carbonyl (C=O) groups excluding carboxylic acids is 1. The Morgan fingerprint density at radius 2 is 2.00 bits per heavy atom. The van der Waals surface area contributed by atoms with Gasteiger partial charge in [-0.2, -0.15) is 0 Å². The number of hydrogen-bond donors (Lipinski definition) is 0. The number of nitro benzene ring substituents is 1. The van der Waals surface area contributed by atoms with Gasteiger partial charge in [0, 0.05) is 29.7 Å². The molecule has 0 aliphatic carbocycles. The van der Waals surface area contributed by atoms with Crippen LogP contribution in [0.5, 0.6) is 5.75 Å². The number of hydrogen-bond acceptors (Lipinski definition) is 8. The first-order chi connectivity index (χ1) is 18.8. The Kier molecular flexibility index (Phi) is 5.87. The normalized spacial score (nSPS) is 17.3. The summed E-state index contributed by atoms with van der Waals surface area (Å²) in [7, 11) is 0. The van der Waals surface area contributed by atoms with Crippen LogP contribution in [-0.2, 0) is 34.8 Å². The maximum absolute atomic E-state index is 13.3. The number of cyclic esters (lactones) is 1. The van der Waals surface area contributed by atoms with Gasteiger partial charge in [0.25, 0.3) is 11.5 Å². The molecule has 2 aliphatic rings. The molecule has 0 radical (unpaired) electrons. The van der Waals surface area contributed by atoms with Gasteiger partial charge in [0.05, 0.1) is 45.9 Å². The van der Waals surface area contributed by atoms with E-state index in [1.165, 1.54) is 10.6 Å². The Balaban J connectivity index is 1.37. The monoisotopic (exact) mass is 528 g/mol. The molecule has 198 valence electrons. The van der Waals surface area contributed by atoms with E-state index in [1.807, 2.05) is 35.2 Å². The molecule has 0 amide bonds. The van der Waals surface area contributed by atoms with Crippen molar-refractivity contribution in [3.8, 4) is 17.1 Å². The van der Waals surface area contributed by atoms with Crippen molar-refractivity contribution < 1.29 is 28.9 Å². The van der Waals surface area contributed by atoms with Gasteiger partial charge >= 0.3 is 5.69 Å². The number of ether oxygens (including phenoxy) is 2. The Morgan fingerprint density at radius 3 is 2.74 bits per heavy atom. The van der Waals surface area contributed by atoms with Crippen molar-refractivity contribution in [1.29, 1.82) is 0 Å². The predicted molar refractivity (Wildman–Crippen MR) is 136 cm³/mol.